The Balaban J connectivity index is 1.82. The van der Waals surface area contributed by atoms with Crippen molar-refractivity contribution < 1.29 is 4.74 Å². The maximum atomic E-state index is 6.34. The average Bonchev–Trinajstić information content (AvgIpc) is 2.54. The first-order chi connectivity index (χ1) is 11.2. The molecule has 4 rings (SSSR count). The van der Waals surface area contributed by atoms with Gasteiger partial charge in [-0.3, -0.25) is 0 Å². The molecule has 1 aliphatic carbocycles. The summed E-state index contributed by atoms with van der Waals surface area (Å²) in [5.41, 5.74) is 4.38. The molecule has 23 heavy (non-hydrogen) atoms. The largest absolute Gasteiger partial charge is 0.495 e. The zero-order chi connectivity index (χ0) is 15.9. The van der Waals surface area contributed by atoms with Crippen LogP contribution >= 0.6 is 11.6 Å². The van der Waals surface area contributed by atoms with Gasteiger partial charge in [0.1, 0.15) is 5.75 Å². The van der Waals surface area contributed by atoms with Gasteiger partial charge in [0.05, 0.1) is 12.1 Å². The van der Waals surface area contributed by atoms with Gasteiger partial charge in [-0.15, -0.1) is 0 Å². The van der Waals surface area contributed by atoms with Crippen LogP contribution in [0.3, 0.4) is 0 Å². The third-order valence-electron chi connectivity index (χ3n) is 5.61. The van der Waals surface area contributed by atoms with Crippen LogP contribution in [-0.2, 0) is 11.8 Å². The fourth-order valence-corrected chi connectivity index (χ4v) is 4.54. The molecule has 0 saturated heterocycles. The summed E-state index contributed by atoms with van der Waals surface area (Å²) in [5.74, 6) is 0.779. The molecular weight excluding hydrogens is 306 g/mol. The van der Waals surface area contributed by atoms with E-state index in [0.29, 0.717) is 11.1 Å². The first-order valence-electron chi connectivity index (χ1n) is 8.40. The second-order valence-electron chi connectivity index (χ2n) is 6.70. The summed E-state index contributed by atoms with van der Waals surface area (Å²) >= 11 is 6.34. The molecule has 1 atom stereocenters. The van der Waals surface area contributed by atoms with Crippen molar-refractivity contribution in [2.24, 2.45) is 0 Å². The summed E-state index contributed by atoms with van der Waals surface area (Å²) in [6, 6.07) is 15.6. The van der Waals surface area contributed by atoms with Crippen LogP contribution in [0.1, 0.15) is 42.0 Å². The molecule has 1 heterocycles. The van der Waals surface area contributed by atoms with Crippen LogP contribution in [0.4, 0.5) is 0 Å². The average molecular weight is 328 g/mol. The molecule has 1 aliphatic heterocycles. The second kappa shape index (κ2) is 5.85. The Kier molecular flexibility index (Phi) is 3.82. The highest BCUT2D eigenvalue weighted by atomic mass is 35.5. The van der Waals surface area contributed by atoms with Gasteiger partial charge >= 0.3 is 0 Å². The number of hydrogen-bond acceptors (Lipinski definition) is 2. The third kappa shape index (κ3) is 2.36. The van der Waals surface area contributed by atoms with E-state index in [0.717, 1.165) is 18.7 Å². The van der Waals surface area contributed by atoms with Crippen LogP contribution in [0.25, 0.3) is 0 Å². The molecule has 0 spiro atoms. The fraction of sp³-hybridized carbons (Fsp3) is 0.400. The predicted octanol–water partition coefficient (Wildman–Crippen LogP) is 4.66. The van der Waals surface area contributed by atoms with Crippen molar-refractivity contribution in [1.29, 1.82) is 0 Å². The Morgan fingerprint density at radius 1 is 1.17 bits per heavy atom. The van der Waals surface area contributed by atoms with Gasteiger partial charge in [0.2, 0.25) is 0 Å². The number of halogens is 1. The lowest BCUT2D eigenvalue weighted by Crippen LogP contribution is -2.49. The first-order valence-corrected chi connectivity index (χ1v) is 8.77. The van der Waals surface area contributed by atoms with Gasteiger partial charge in [0.25, 0.3) is 0 Å². The summed E-state index contributed by atoms with van der Waals surface area (Å²) in [7, 11) is 1.69. The molecule has 2 aromatic rings. The van der Waals surface area contributed by atoms with Crippen molar-refractivity contribution in [3.8, 4) is 5.75 Å². The number of nitrogens with one attached hydrogen (secondary N) is 1. The maximum Gasteiger partial charge on any atom is 0.137 e. The van der Waals surface area contributed by atoms with Crippen LogP contribution < -0.4 is 10.1 Å². The Labute approximate surface area is 142 Å². The van der Waals surface area contributed by atoms with E-state index in [-0.39, 0.29) is 5.41 Å². The van der Waals surface area contributed by atoms with Crippen molar-refractivity contribution >= 4 is 11.6 Å². The number of ether oxygens (including phenoxy) is 1. The standard InChI is InChI=1S/C20H22ClNO/c1-23-18-13-16-14(12-17(18)21)8-11-22-19(16)20(9-5-10-20)15-6-3-2-4-7-15/h2-4,6-7,12-13,19,22H,5,8-11H2,1H3. The van der Waals surface area contributed by atoms with Crippen molar-refractivity contribution in [3.63, 3.8) is 0 Å². The highest BCUT2D eigenvalue weighted by Crippen LogP contribution is 2.54. The van der Waals surface area contributed by atoms with Gasteiger partial charge in [0, 0.05) is 11.5 Å². The molecule has 2 aromatic carbocycles. The molecule has 120 valence electrons. The molecule has 0 radical (unpaired) electrons. The third-order valence-corrected chi connectivity index (χ3v) is 5.91. The van der Waals surface area contributed by atoms with Gasteiger partial charge < -0.3 is 10.1 Å². The summed E-state index contributed by atoms with van der Waals surface area (Å²) in [5, 5.41) is 4.51. The van der Waals surface area contributed by atoms with Crippen LogP contribution in [0.5, 0.6) is 5.75 Å². The molecule has 3 heteroatoms. The van der Waals surface area contributed by atoms with Crippen LogP contribution in [0.15, 0.2) is 42.5 Å². The highest BCUT2D eigenvalue weighted by Gasteiger charge is 2.47. The number of hydrogen-bond donors (Lipinski definition) is 1. The first kappa shape index (κ1) is 15.0. The Morgan fingerprint density at radius 3 is 2.61 bits per heavy atom. The summed E-state index contributed by atoms with van der Waals surface area (Å²) in [6.07, 6.45) is 4.80. The topological polar surface area (TPSA) is 21.3 Å². The van der Waals surface area contributed by atoms with Crippen LogP contribution in [0, 0.1) is 0 Å². The van der Waals surface area contributed by atoms with Crippen molar-refractivity contribution in [1.82, 2.24) is 5.32 Å². The summed E-state index contributed by atoms with van der Waals surface area (Å²) in [6.45, 7) is 1.01. The van der Waals surface area contributed by atoms with E-state index in [1.807, 2.05) is 0 Å². The van der Waals surface area contributed by atoms with Crippen molar-refractivity contribution in [3.05, 3.63) is 64.2 Å². The number of methoxy groups -OCH3 is 1. The predicted molar refractivity (Wildman–Crippen MR) is 94.4 cm³/mol. The number of benzene rings is 2. The van der Waals surface area contributed by atoms with E-state index >= 15 is 0 Å². The van der Waals surface area contributed by atoms with Gasteiger partial charge in [-0.25, -0.2) is 0 Å². The Bertz CT molecular complexity index is 709. The van der Waals surface area contributed by atoms with Gasteiger partial charge in [-0.2, -0.15) is 0 Å². The van der Waals surface area contributed by atoms with Crippen LogP contribution in [-0.4, -0.2) is 13.7 Å². The minimum atomic E-state index is 0.204. The molecule has 1 fully saturated rings. The van der Waals surface area contributed by atoms with E-state index in [9.17, 15) is 0 Å². The fourth-order valence-electron chi connectivity index (χ4n) is 4.28. The highest BCUT2D eigenvalue weighted by molar-refractivity contribution is 6.32. The van der Waals surface area contributed by atoms with Crippen molar-refractivity contribution in [2.75, 3.05) is 13.7 Å². The lowest BCUT2D eigenvalue weighted by molar-refractivity contribution is 0.164. The van der Waals surface area contributed by atoms with Gasteiger partial charge in [-0.05, 0) is 54.6 Å². The van der Waals surface area contributed by atoms with Crippen molar-refractivity contribution in [2.45, 2.75) is 37.1 Å². The molecule has 1 unspecified atom stereocenters. The van der Waals surface area contributed by atoms with E-state index < -0.39 is 0 Å². The quantitative estimate of drug-likeness (QED) is 0.885. The lowest BCUT2D eigenvalue weighted by atomic mass is 9.58. The maximum absolute atomic E-state index is 6.34. The second-order valence-corrected chi connectivity index (χ2v) is 7.11. The number of rotatable bonds is 3. The zero-order valence-corrected chi connectivity index (χ0v) is 14.2. The summed E-state index contributed by atoms with van der Waals surface area (Å²) < 4.78 is 5.47. The van der Waals surface area contributed by atoms with E-state index in [1.165, 1.54) is 36.0 Å². The number of fused-ring (bicyclic) bond motifs is 1. The minimum absolute atomic E-state index is 0.204. The Hall–Kier alpha value is -1.51. The van der Waals surface area contributed by atoms with E-state index in [4.69, 9.17) is 16.3 Å². The van der Waals surface area contributed by atoms with Gasteiger partial charge in [-0.1, -0.05) is 48.4 Å². The zero-order valence-electron chi connectivity index (χ0n) is 13.4. The van der Waals surface area contributed by atoms with Gasteiger partial charge in [0.15, 0.2) is 0 Å². The minimum Gasteiger partial charge on any atom is -0.495 e. The molecule has 2 nitrogen and oxygen atoms in total. The molecule has 1 N–H and O–H groups in total. The summed E-state index contributed by atoms with van der Waals surface area (Å²) in [4.78, 5) is 0. The molecule has 0 amide bonds. The monoisotopic (exact) mass is 327 g/mol. The Morgan fingerprint density at radius 2 is 1.96 bits per heavy atom. The smallest absolute Gasteiger partial charge is 0.137 e. The lowest BCUT2D eigenvalue weighted by Gasteiger charge is -2.50. The SMILES string of the molecule is COc1cc2c(cc1Cl)CCNC2C1(c2ccccc2)CCC1. The molecule has 1 saturated carbocycles. The molecule has 2 aliphatic rings. The molecule has 0 bridgehead atoms. The normalized spacial score (nSPS) is 22.1. The molecular formula is C20H22ClNO. The van der Waals surface area contributed by atoms with E-state index in [1.54, 1.807) is 7.11 Å². The van der Waals surface area contributed by atoms with Crippen LogP contribution in [0.2, 0.25) is 5.02 Å². The molecule has 0 aromatic heterocycles. The van der Waals surface area contributed by atoms with E-state index in [2.05, 4.69) is 47.8 Å².